The molecule has 8 heteroatoms. The van der Waals surface area contributed by atoms with Crippen molar-refractivity contribution in [2.24, 2.45) is 0 Å². The average Bonchev–Trinajstić information content (AvgIpc) is 3.45. The van der Waals surface area contributed by atoms with Crippen molar-refractivity contribution in [3.05, 3.63) is 59.7 Å². The van der Waals surface area contributed by atoms with E-state index >= 15 is 0 Å². The highest BCUT2D eigenvalue weighted by atomic mass is 32.2. The van der Waals surface area contributed by atoms with Gasteiger partial charge in [-0.05, 0) is 50.6 Å². The predicted molar refractivity (Wildman–Crippen MR) is 110 cm³/mol. The lowest BCUT2D eigenvalue weighted by Gasteiger charge is -2.16. The maximum Gasteiger partial charge on any atom is 0.350 e. The van der Waals surface area contributed by atoms with E-state index in [4.69, 9.17) is 13.8 Å². The number of methoxy groups -OCH3 is 1. The van der Waals surface area contributed by atoms with Crippen LogP contribution in [0, 0.1) is 6.92 Å². The Bertz CT molecular complexity index is 861. The maximum absolute atomic E-state index is 13.4. The summed E-state index contributed by atoms with van der Waals surface area (Å²) in [6, 6.07) is 14.6. The van der Waals surface area contributed by atoms with Gasteiger partial charge in [0.2, 0.25) is 0 Å². The van der Waals surface area contributed by atoms with Crippen molar-refractivity contribution in [2.75, 3.05) is 20.3 Å². The molecule has 1 unspecified atom stereocenters. The second-order valence-electron chi connectivity index (χ2n) is 6.43. The van der Waals surface area contributed by atoms with Crippen molar-refractivity contribution >= 4 is 18.6 Å². The summed E-state index contributed by atoms with van der Waals surface area (Å²) in [6.45, 7) is 6.04. The first-order valence-corrected chi connectivity index (χ1v) is 12.0. The first-order chi connectivity index (χ1) is 13.4. The highest BCUT2D eigenvalue weighted by Crippen LogP contribution is 2.69. The van der Waals surface area contributed by atoms with E-state index in [-0.39, 0.29) is 19.3 Å². The minimum absolute atomic E-state index is 0.258. The van der Waals surface area contributed by atoms with Crippen LogP contribution in [0.4, 0.5) is 0 Å². The Morgan fingerprint density at radius 3 is 2.07 bits per heavy atom. The van der Waals surface area contributed by atoms with Gasteiger partial charge in [0.15, 0.2) is 0 Å². The fourth-order valence-corrected chi connectivity index (χ4v) is 7.27. The molecule has 1 heterocycles. The summed E-state index contributed by atoms with van der Waals surface area (Å²) in [5.41, 5.74) is 1.98. The zero-order valence-electron chi connectivity index (χ0n) is 16.5. The molecule has 1 saturated heterocycles. The van der Waals surface area contributed by atoms with Crippen molar-refractivity contribution in [1.82, 2.24) is 4.31 Å². The molecule has 0 bridgehead atoms. The predicted octanol–water partition coefficient (Wildman–Crippen LogP) is 4.68. The number of aryl methyl sites for hydroxylation is 1. The molecular formula is C20H26NO5PS. The summed E-state index contributed by atoms with van der Waals surface area (Å²) < 4.78 is 44.7. The fraction of sp³-hybridized carbons (Fsp3) is 0.400. The molecule has 3 rings (SSSR count). The van der Waals surface area contributed by atoms with Crippen LogP contribution in [0.2, 0.25) is 0 Å². The number of hydrogen-bond donors (Lipinski definition) is 0. The van der Waals surface area contributed by atoms with Crippen LogP contribution >= 0.6 is 7.60 Å². The van der Waals surface area contributed by atoms with Gasteiger partial charge in [0.1, 0.15) is 22.5 Å². The zero-order chi connectivity index (χ0) is 20.3. The molecule has 152 valence electrons. The van der Waals surface area contributed by atoms with E-state index in [2.05, 4.69) is 0 Å². The molecule has 4 atom stereocenters. The average molecular weight is 423 g/mol. The molecule has 1 aliphatic heterocycles. The van der Waals surface area contributed by atoms with Crippen LogP contribution < -0.4 is 4.74 Å². The fourth-order valence-electron chi connectivity index (χ4n) is 3.16. The van der Waals surface area contributed by atoms with E-state index in [9.17, 15) is 8.77 Å². The SMILES string of the molecule is CCOP(=O)(OCC)[C@H]1[C@@H](c2ccc(OC)cc2)N1[S@@](=O)c1ccc(C)cc1. The van der Waals surface area contributed by atoms with Crippen molar-refractivity contribution < 1.29 is 22.6 Å². The Labute approximate surface area is 168 Å². The van der Waals surface area contributed by atoms with Crippen LogP contribution in [0.5, 0.6) is 5.75 Å². The molecule has 1 aliphatic rings. The second-order valence-corrected chi connectivity index (χ2v) is 9.95. The Kier molecular flexibility index (Phi) is 6.73. The lowest BCUT2D eigenvalue weighted by molar-refractivity contribution is 0.216. The molecule has 28 heavy (non-hydrogen) atoms. The summed E-state index contributed by atoms with van der Waals surface area (Å²) >= 11 is 0. The molecule has 0 amide bonds. The van der Waals surface area contributed by atoms with Crippen LogP contribution in [0.3, 0.4) is 0 Å². The van der Waals surface area contributed by atoms with Crippen molar-refractivity contribution in [3.8, 4) is 5.75 Å². The number of rotatable bonds is 9. The molecule has 0 spiro atoms. The van der Waals surface area contributed by atoms with E-state index in [0.29, 0.717) is 4.90 Å². The smallest absolute Gasteiger partial charge is 0.350 e. The molecule has 0 N–H and O–H groups in total. The highest BCUT2D eigenvalue weighted by molar-refractivity contribution is 7.83. The molecule has 6 nitrogen and oxygen atoms in total. The van der Waals surface area contributed by atoms with Crippen LogP contribution in [0.15, 0.2) is 53.4 Å². The van der Waals surface area contributed by atoms with E-state index in [1.54, 1.807) is 25.3 Å². The third kappa shape index (κ3) is 4.24. The van der Waals surface area contributed by atoms with E-state index in [0.717, 1.165) is 16.9 Å². The molecule has 2 aromatic carbocycles. The topological polar surface area (TPSA) is 64.8 Å². The molecule has 0 radical (unpaired) electrons. The number of nitrogens with zero attached hydrogens (tertiary/aromatic N) is 1. The Hall–Kier alpha value is -1.50. The van der Waals surface area contributed by atoms with Gasteiger partial charge < -0.3 is 13.8 Å². The lowest BCUT2D eigenvalue weighted by atomic mass is 10.1. The van der Waals surface area contributed by atoms with Gasteiger partial charge in [-0.15, -0.1) is 0 Å². The van der Waals surface area contributed by atoms with E-state index in [1.807, 2.05) is 55.5 Å². The molecular weight excluding hydrogens is 397 g/mol. The second kappa shape index (κ2) is 8.89. The summed E-state index contributed by atoms with van der Waals surface area (Å²) in [7, 11) is -3.34. The van der Waals surface area contributed by atoms with Crippen LogP contribution in [0.1, 0.15) is 31.0 Å². The van der Waals surface area contributed by atoms with Gasteiger partial charge in [-0.25, -0.2) is 4.21 Å². The molecule has 0 aromatic heterocycles. The summed E-state index contributed by atoms with van der Waals surface area (Å²) in [5.74, 6) is 0.132. The minimum atomic E-state index is -3.46. The first-order valence-electron chi connectivity index (χ1n) is 9.24. The largest absolute Gasteiger partial charge is 0.497 e. The van der Waals surface area contributed by atoms with Gasteiger partial charge in [-0.2, -0.15) is 4.31 Å². The molecule has 2 aromatic rings. The quantitative estimate of drug-likeness (QED) is 0.433. The van der Waals surface area contributed by atoms with Crippen LogP contribution in [-0.4, -0.2) is 34.6 Å². The van der Waals surface area contributed by atoms with E-state index < -0.39 is 24.4 Å². The zero-order valence-corrected chi connectivity index (χ0v) is 18.2. The Morgan fingerprint density at radius 2 is 1.57 bits per heavy atom. The third-order valence-electron chi connectivity index (χ3n) is 4.54. The van der Waals surface area contributed by atoms with Gasteiger partial charge in [0.05, 0.1) is 31.3 Å². The summed E-state index contributed by atoms with van der Waals surface area (Å²) in [6.07, 6.45) is 0. The Morgan fingerprint density at radius 1 is 1.00 bits per heavy atom. The summed E-state index contributed by atoms with van der Waals surface area (Å²) in [4.78, 5) is 0.658. The van der Waals surface area contributed by atoms with Crippen LogP contribution in [-0.2, 0) is 24.6 Å². The first kappa shape index (κ1) is 21.2. The van der Waals surface area contributed by atoms with Gasteiger partial charge in [0.25, 0.3) is 0 Å². The molecule has 1 fully saturated rings. The van der Waals surface area contributed by atoms with Gasteiger partial charge in [0, 0.05) is 0 Å². The van der Waals surface area contributed by atoms with Crippen molar-refractivity contribution in [3.63, 3.8) is 0 Å². The van der Waals surface area contributed by atoms with Crippen LogP contribution in [0.25, 0.3) is 0 Å². The number of hydrogen-bond acceptors (Lipinski definition) is 5. The highest BCUT2D eigenvalue weighted by Gasteiger charge is 2.64. The molecule has 0 aliphatic carbocycles. The lowest BCUT2D eigenvalue weighted by Crippen LogP contribution is -2.10. The minimum Gasteiger partial charge on any atom is -0.497 e. The van der Waals surface area contributed by atoms with Crippen molar-refractivity contribution in [2.45, 2.75) is 37.5 Å². The van der Waals surface area contributed by atoms with Crippen molar-refractivity contribution in [1.29, 1.82) is 0 Å². The standard InChI is InChI=1S/C20H26NO5PS/c1-5-25-27(22,26-6-2)20-19(16-9-11-17(24-4)12-10-16)21(20)28(23)18-13-7-15(3)8-14-18/h7-14,19-20H,5-6H2,1-4H3/t19-,20+,21?,28+/m1/s1. The summed E-state index contributed by atoms with van der Waals surface area (Å²) in [5, 5.41) is 0. The number of ether oxygens (including phenoxy) is 1. The molecule has 0 saturated carbocycles. The van der Waals surface area contributed by atoms with Gasteiger partial charge in [-0.1, -0.05) is 29.8 Å². The van der Waals surface area contributed by atoms with Gasteiger partial charge in [-0.3, -0.25) is 4.57 Å². The Balaban J connectivity index is 1.96. The third-order valence-corrected chi connectivity index (χ3v) is 8.63. The van der Waals surface area contributed by atoms with E-state index in [1.165, 1.54) is 0 Å². The normalized spacial score (nSPS) is 22.6. The number of benzene rings is 2. The van der Waals surface area contributed by atoms with Gasteiger partial charge >= 0.3 is 7.60 Å². The monoisotopic (exact) mass is 423 g/mol. The maximum atomic E-state index is 13.4.